The van der Waals surface area contributed by atoms with Gasteiger partial charge in [0.1, 0.15) is 11.5 Å². The van der Waals surface area contributed by atoms with Crippen molar-refractivity contribution < 1.29 is 19.0 Å². The molecule has 0 fully saturated rings. The highest BCUT2D eigenvalue weighted by molar-refractivity contribution is 5.92. The Balaban J connectivity index is 1.83. The molecular formula is C20H21N3O4. The molecule has 0 unspecified atom stereocenters. The number of aromatic nitrogens is 2. The molecule has 140 valence electrons. The minimum Gasteiger partial charge on any atom is -0.493 e. The van der Waals surface area contributed by atoms with E-state index in [2.05, 4.69) is 15.3 Å². The van der Waals surface area contributed by atoms with Gasteiger partial charge in [-0.1, -0.05) is 6.07 Å². The number of aryl methyl sites for hydroxylation is 1. The monoisotopic (exact) mass is 367 g/mol. The van der Waals surface area contributed by atoms with E-state index in [0.29, 0.717) is 23.6 Å². The van der Waals surface area contributed by atoms with Gasteiger partial charge >= 0.3 is 5.97 Å². The maximum Gasteiger partial charge on any atom is 0.356 e. The Morgan fingerprint density at radius 2 is 1.85 bits per heavy atom. The number of fused-ring (bicyclic) bond motifs is 1. The number of nitrogens with one attached hydrogen (secondary N) is 1. The van der Waals surface area contributed by atoms with Gasteiger partial charge in [-0.15, -0.1) is 0 Å². The summed E-state index contributed by atoms with van der Waals surface area (Å²) in [5.41, 5.74) is 2.96. The zero-order chi connectivity index (χ0) is 19.4. The third-order valence-corrected chi connectivity index (χ3v) is 4.19. The first-order chi connectivity index (χ1) is 13.0. The number of benzene rings is 1. The Labute approximate surface area is 157 Å². The predicted molar refractivity (Wildman–Crippen MR) is 102 cm³/mol. The Morgan fingerprint density at radius 3 is 2.56 bits per heavy atom. The van der Waals surface area contributed by atoms with Gasteiger partial charge < -0.3 is 19.5 Å². The number of esters is 1. The molecule has 0 spiro atoms. The molecule has 0 amide bonds. The SMILES string of the molecule is COC(=O)c1cc2cc(C)c(NCc3ccc(OC)c(OC)c3)nc2cn1. The van der Waals surface area contributed by atoms with Crippen LogP contribution in [0, 0.1) is 6.92 Å². The fourth-order valence-corrected chi connectivity index (χ4v) is 2.75. The second-order valence-electron chi connectivity index (χ2n) is 5.95. The number of methoxy groups -OCH3 is 3. The van der Waals surface area contributed by atoms with E-state index in [-0.39, 0.29) is 5.69 Å². The Kier molecular flexibility index (Phi) is 5.40. The van der Waals surface area contributed by atoms with E-state index in [1.165, 1.54) is 7.11 Å². The first-order valence-electron chi connectivity index (χ1n) is 8.36. The van der Waals surface area contributed by atoms with Gasteiger partial charge in [0.2, 0.25) is 0 Å². The summed E-state index contributed by atoms with van der Waals surface area (Å²) in [6.07, 6.45) is 1.57. The van der Waals surface area contributed by atoms with Crippen molar-refractivity contribution in [3.05, 3.63) is 53.3 Å². The molecule has 0 aliphatic carbocycles. The van der Waals surface area contributed by atoms with Crippen molar-refractivity contribution in [1.82, 2.24) is 9.97 Å². The lowest BCUT2D eigenvalue weighted by Gasteiger charge is -2.12. The van der Waals surface area contributed by atoms with E-state index in [9.17, 15) is 4.79 Å². The molecule has 0 radical (unpaired) electrons. The summed E-state index contributed by atoms with van der Waals surface area (Å²) in [4.78, 5) is 20.4. The lowest BCUT2D eigenvalue weighted by molar-refractivity contribution is 0.0594. The minimum absolute atomic E-state index is 0.261. The van der Waals surface area contributed by atoms with Crippen molar-refractivity contribution in [1.29, 1.82) is 0 Å². The Bertz CT molecular complexity index is 988. The lowest BCUT2D eigenvalue weighted by Crippen LogP contribution is -2.06. The molecule has 3 aromatic rings. The summed E-state index contributed by atoms with van der Waals surface area (Å²) in [5.74, 6) is 1.66. The van der Waals surface area contributed by atoms with Crippen LogP contribution >= 0.6 is 0 Å². The van der Waals surface area contributed by atoms with Crippen molar-refractivity contribution in [2.45, 2.75) is 13.5 Å². The van der Waals surface area contributed by atoms with Crippen LogP contribution in [0.4, 0.5) is 5.82 Å². The van der Waals surface area contributed by atoms with E-state index in [4.69, 9.17) is 14.2 Å². The van der Waals surface area contributed by atoms with Crippen LogP contribution in [0.5, 0.6) is 11.5 Å². The molecule has 0 atom stereocenters. The summed E-state index contributed by atoms with van der Waals surface area (Å²) in [6, 6.07) is 9.41. The molecule has 0 saturated carbocycles. The number of rotatable bonds is 6. The first-order valence-corrected chi connectivity index (χ1v) is 8.36. The highest BCUT2D eigenvalue weighted by Gasteiger charge is 2.11. The van der Waals surface area contributed by atoms with E-state index < -0.39 is 5.97 Å². The van der Waals surface area contributed by atoms with E-state index in [0.717, 1.165) is 22.3 Å². The number of nitrogens with zero attached hydrogens (tertiary/aromatic N) is 2. The van der Waals surface area contributed by atoms with Gasteiger partial charge in [0.05, 0.1) is 33.0 Å². The van der Waals surface area contributed by atoms with Crippen LogP contribution < -0.4 is 14.8 Å². The number of hydrogen-bond donors (Lipinski definition) is 1. The van der Waals surface area contributed by atoms with Crippen molar-refractivity contribution in [3.8, 4) is 11.5 Å². The fraction of sp³-hybridized carbons (Fsp3) is 0.250. The van der Waals surface area contributed by atoms with Crippen LogP contribution in [0.2, 0.25) is 0 Å². The molecule has 2 aromatic heterocycles. The third kappa shape index (κ3) is 3.92. The summed E-state index contributed by atoms with van der Waals surface area (Å²) in [7, 11) is 4.55. The number of carbonyl (C=O) groups is 1. The van der Waals surface area contributed by atoms with Crippen molar-refractivity contribution in [3.63, 3.8) is 0 Å². The van der Waals surface area contributed by atoms with Crippen molar-refractivity contribution in [2.24, 2.45) is 0 Å². The second-order valence-corrected chi connectivity index (χ2v) is 5.95. The van der Waals surface area contributed by atoms with Gasteiger partial charge in [0.15, 0.2) is 11.5 Å². The normalized spacial score (nSPS) is 10.5. The van der Waals surface area contributed by atoms with Crippen LogP contribution in [0.25, 0.3) is 10.9 Å². The van der Waals surface area contributed by atoms with Gasteiger partial charge in [-0.2, -0.15) is 0 Å². The summed E-state index contributed by atoms with van der Waals surface area (Å²) in [5, 5.41) is 4.16. The number of ether oxygens (including phenoxy) is 3. The molecule has 0 aliphatic rings. The molecule has 2 heterocycles. The zero-order valence-corrected chi connectivity index (χ0v) is 15.7. The van der Waals surface area contributed by atoms with Crippen LogP contribution in [-0.4, -0.2) is 37.3 Å². The van der Waals surface area contributed by atoms with Gasteiger partial charge in [-0.25, -0.2) is 14.8 Å². The molecule has 1 N–H and O–H groups in total. The van der Waals surface area contributed by atoms with Gasteiger partial charge in [-0.05, 0) is 42.3 Å². The van der Waals surface area contributed by atoms with Gasteiger partial charge in [0, 0.05) is 11.9 Å². The second kappa shape index (κ2) is 7.90. The van der Waals surface area contributed by atoms with E-state index >= 15 is 0 Å². The smallest absolute Gasteiger partial charge is 0.356 e. The average Bonchev–Trinajstić information content (AvgIpc) is 2.70. The van der Waals surface area contributed by atoms with Crippen LogP contribution in [0.3, 0.4) is 0 Å². The average molecular weight is 367 g/mol. The minimum atomic E-state index is -0.467. The van der Waals surface area contributed by atoms with Crippen molar-refractivity contribution in [2.75, 3.05) is 26.6 Å². The molecule has 0 aliphatic heterocycles. The van der Waals surface area contributed by atoms with Crippen LogP contribution in [-0.2, 0) is 11.3 Å². The quantitative estimate of drug-likeness (QED) is 0.669. The summed E-state index contributed by atoms with van der Waals surface area (Å²) < 4.78 is 15.3. The highest BCUT2D eigenvalue weighted by atomic mass is 16.5. The molecule has 0 bridgehead atoms. The number of pyridine rings is 2. The van der Waals surface area contributed by atoms with Crippen LogP contribution in [0.15, 0.2) is 36.5 Å². The summed E-state index contributed by atoms with van der Waals surface area (Å²) >= 11 is 0. The Hall–Kier alpha value is -3.35. The maximum absolute atomic E-state index is 11.6. The number of carbonyl (C=O) groups excluding carboxylic acids is 1. The lowest BCUT2D eigenvalue weighted by atomic mass is 10.1. The predicted octanol–water partition coefficient (Wildman–Crippen LogP) is 3.35. The topological polar surface area (TPSA) is 82.6 Å². The van der Waals surface area contributed by atoms with E-state index in [1.807, 2.05) is 31.2 Å². The Morgan fingerprint density at radius 1 is 1.07 bits per heavy atom. The van der Waals surface area contributed by atoms with Crippen LogP contribution in [0.1, 0.15) is 21.6 Å². The molecule has 3 rings (SSSR count). The first kappa shape index (κ1) is 18.4. The molecule has 0 saturated heterocycles. The molecule has 1 aromatic carbocycles. The largest absolute Gasteiger partial charge is 0.493 e. The molecular weight excluding hydrogens is 346 g/mol. The van der Waals surface area contributed by atoms with E-state index in [1.54, 1.807) is 26.5 Å². The molecule has 7 nitrogen and oxygen atoms in total. The van der Waals surface area contributed by atoms with Gasteiger partial charge in [0.25, 0.3) is 0 Å². The fourth-order valence-electron chi connectivity index (χ4n) is 2.75. The zero-order valence-electron chi connectivity index (χ0n) is 15.7. The van der Waals surface area contributed by atoms with Crippen molar-refractivity contribution >= 4 is 22.7 Å². The summed E-state index contributed by atoms with van der Waals surface area (Å²) in [6.45, 7) is 2.54. The third-order valence-electron chi connectivity index (χ3n) is 4.19. The number of hydrogen-bond acceptors (Lipinski definition) is 7. The highest BCUT2D eigenvalue weighted by Crippen LogP contribution is 2.28. The molecule has 27 heavy (non-hydrogen) atoms. The van der Waals surface area contributed by atoms with Gasteiger partial charge in [-0.3, -0.25) is 0 Å². The molecule has 7 heteroatoms. The standard InChI is InChI=1S/C20H21N3O4/c1-12-7-14-9-15(20(24)27-4)21-11-16(14)23-19(12)22-10-13-5-6-17(25-2)18(8-13)26-3/h5-9,11H,10H2,1-4H3,(H,22,23). The number of anilines is 1. The maximum atomic E-state index is 11.6.